The van der Waals surface area contributed by atoms with Crippen molar-refractivity contribution in [2.45, 2.75) is 19.0 Å². The van der Waals surface area contributed by atoms with E-state index >= 15 is 0 Å². The number of ether oxygens (including phenoxy) is 1. The highest BCUT2D eigenvalue weighted by Gasteiger charge is 2.38. The van der Waals surface area contributed by atoms with Crippen LogP contribution in [0, 0.1) is 11.8 Å². The number of allylic oxidation sites excluding steroid dienone is 4. The number of hydrogen-bond acceptors (Lipinski definition) is 3. The van der Waals surface area contributed by atoms with Crippen LogP contribution in [0.4, 0.5) is 13.2 Å². The van der Waals surface area contributed by atoms with Gasteiger partial charge in [0.15, 0.2) is 0 Å². The zero-order valence-corrected chi connectivity index (χ0v) is 12.3. The van der Waals surface area contributed by atoms with Crippen LogP contribution in [0.2, 0.25) is 0 Å². The van der Waals surface area contributed by atoms with Gasteiger partial charge in [-0.1, -0.05) is 6.08 Å². The molecule has 2 unspecified atom stereocenters. The summed E-state index contributed by atoms with van der Waals surface area (Å²) in [5.41, 5.74) is 0.495. The van der Waals surface area contributed by atoms with E-state index in [4.69, 9.17) is 9.84 Å². The van der Waals surface area contributed by atoms with Gasteiger partial charge in [-0.15, -0.1) is 0 Å². The van der Waals surface area contributed by atoms with E-state index < -0.39 is 36.9 Å². The first kappa shape index (κ1) is 17.1. The molecule has 8 heteroatoms. The molecule has 2 rings (SSSR count). The monoisotopic (exact) mass is 331 g/mol. The van der Waals surface area contributed by atoms with E-state index in [-0.39, 0.29) is 12.3 Å². The Kier molecular flexibility index (Phi) is 4.82. The molecule has 1 amide bonds. The number of methoxy groups -OCH3 is 1. The Morgan fingerprint density at radius 3 is 2.74 bits per heavy atom. The molecule has 2 atom stereocenters. The number of amides is 1. The molecule has 23 heavy (non-hydrogen) atoms. The standard InChI is InChI=1S/C15H16F3NO4/c1-23-12-3-2-9-4-10(6-13(20)21)14(22)19(7-11(9)5-12)8-15(16,17)18/h2-3,5,7,9-10H,4,6,8H2,1H3,(H,20,21). The summed E-state index contributed by atoms with van der Waals surface area (Å²) in [6, 6.07) is 0. The summed E-state index contributed by atoms with van der Waals surface area (Å²) >= 11 is 0. The van der Waals surface area contributed by atoms with Gasteiger partial charge in [0.2, 0.25) is 5.91 Å². The molecule has 1 N–H and O–H groups in total. The van der Waals surface area contributed by atoms with Gasteiger partial charge in [-0.2, -0.15) is 13.2 Å². The minimum absolute atomic E-state index is 0.148. The highest BCUT2D eigenvalue weighted by Crippen LogP contribution is 2.34. The molecule has 0 aromatic rings. The van der Waals surface area contributed by atoms with Crippen LogP contribution in [0.15, 0.2) is 35.8 Å². The van der Waals surface area contributed by atoms with E-state index in [2.05, 4.69) is 0 Å². The number of carbonyl (C=O) groups is 2. The molecular weight excluding hydrogens is 315 g/mol. The van der Waals surface area contributed by atoms with E-state index in [9.17, 15) is 22.8 Å². The van der Waals surface area contributed by atoms with Crippen molar-refractivity contribution in [2.75, 3.05) is 13.7 Å². The number of alkyl halides is 3. The second-order valence-corrected chi connectivity index (χ2v) is 5.46. The Balaban J connectivity index is 2.36. The van der Waals surface area contributed by atoms with Crippen molar-refractivity contribution in [3.8, 4) is 0 Å². The van der Waals surface area contributed by atoms with Gasteiger partial charge in [-0.3, -0.25) is 9.59 Å². The Morgan fingerprint density at radius 1 is 1.48 bits per heavy atom. The minimum atomic E-state index is -4.57. The Hall–Kier alpha value is -2.25. The van der Waals surface area contributed by atoms with Crippen molar-refractivity contribution in [3.63, 3.8) is 0 Å². The molecule has 5 nitrogen and oxygen atoms in total. The van der Waals surface area contributed by atoms with Crippen LogP contribution in [0.3, 0.4) is 0 Å². The van der Waals surface area contributed by atoms with Gasteiger partial charge >= 0.3 is 12.1 Å². The Bertz CT molecular complexity index is 592. The smallest absolute Gasteiger partial charge is 0.406 e. The van der Waals surface area contributed by atoms with Gasteiger partial charge in [0, 0.05) is 18.0 Å². The van der Waals surface area contributed by atoms with Crippen LogP contribution >= 0.6 is 0 Å². The lowest BCUT2D eigenvalue weighted by Gasteiger charge is -2.22. The van der Waals surface area contributed by atoms with Crippen LogP contribution in [0.5, 0.6) is 0 Å². The average molecular weight is 331 g/mol. The van der Waals surface area contributed by atoms with E-state index in [0.717, 1.165) is 6.20 Å². The summed E-state index contributed by atoms with van der Waals surface area (Å²) in [6.07, 6.45) is 1.15. The summed E-state index contributed by atoms with van der Waals surface area (Å²) in [6.45, 7) is -1.45. The maximum Gasteiger partial charge on any atom is 0.406 e. The summed E-state index contributed by atoms with van der Waals surface area (Å²) in [5, 5.41) is 8.91. The maximum absolute atomic E-state index is 12.7. The van der Waals surface area contributed by atoms with Crippen LogP contribution in [-0.2, 0) is 14.3 Å². The average Bonchev–Trinajstić information content (AvgIpc) is 2.55. The molecule has 0 bridgehead atoms. The normalized spacial score (nSPS) is 24.5. The zero-order valence-electron chi connectivity index (χ0n) is 12.3. The number of rotatable bonds is 4. The Labute approximate surface area is 130 Å². The number of hydrogen-bond donors (Lipinski definition) is 1. The lowest BCUT2D eigenvalue weighted by atomic mass is 9.85. The van der Waals surface area contributed by atoms with E-state index in [1.807, 2.05) is 0 Å². The summed E-state index contributed by atoms with van der Waals surface area (Å²) in [7, 11) is 1.43. The third-order valence-electron chi connectivity index (χ3n) is 3.71. The number of carboxylic acid groups (broad SMARTS) is 1. The molecule has 1 heterocycles. The van der Waals surface area contributed by atoms with Crippen LogP contribution < -0.4 is 0 Å². The lowest BCUT2D eigenvalue weighted by Crippen LogP contribution is -2.38. The molecule has 0 saturated heterocycles. The van der Waals surface area contributed by atoms with Crippen molar-refractivity contribution in [3.05, 3.63) is 35.8 Å². The number of nitrogens with zero attached hydrogens (tertiary/aromatic N) is 1. The van der Waals surface area contributed by atoms with Gasteiger partial charge in [0.05, 0.1) is 13.5 Å². The van der Waals surface area contributed by atoms with E-state index in [1.54, 1.807) is 18.2 Å². The molecule has 0 spiro atoms. The molecule has 0 fully saturated rings. The quantitative estimate of drug-likeness (QED) is 0.859. The second kappa shape index (κ2) is 6.47. The first-order valence-electron chi connectivity index (χ1n) is 6.94. The van der Waals surface area contributed by atoms with E-state index in [0.29, 0.717) is 16.2 Å². The number of aliphatic carboxylic acids is 1. The number of carboxylic acids is 1. The summed E-state index contributed by atoms with van der Waals surface area (Å²) in [5.74, 6) is -2.90. The first-order chi connectivity index (χ1) is 10.7. The van der Waals surface area contributed by atoms with Crippen molar-refractivity contribution in [2.24, 2.45) is 11.8 Å². The number of fused-ring (bicyclic) bond motifs is 1. The molecular formula is C15H16F3NO4. The maximum atomic E-state index is 12.7. The zero-order chi connectivity index (χ0) is 17.2. The molecule has 0 aromatic carbocycles. The van der Waals surface area contributed by atoms with Crippen molar-refractivity contribution < 1.29 is 32.6 Å². The van der Waals surface area contributed by atoms with Crippen molar-refractivity contribution in [1.29, 1.82) is 0 Å². The molecule has 1 aliphatic heterocycles. The SMILES string of the molecule is COC1=CC2=CN(CC(F)(F)F)C(=O)C(CC(=O)O)CC2C=C1. The van der Waals surface area contributed by atoms with Crippen LogP contribution in [-0.4, -0.2) is 41.7 Å². The molecule has 0 radical (unpaired) electrons. The highest BCUT2D eigenvalue weighted by molar-refractivity contribution is 5.84. The molecule has 2 aliphatic rings. The Morgan fingerprint density at radius 2 is 2.17 bits per heavy atom. The largest absolute Gasteiger partial charge is 0.497 e. The molecule has 0 saturated carbocycles. The molecule has 126 valence electrons. The van der Waals surface area contributed by atoms with Crippen LogP contribution in [0.25, 0.3) is 0 Å². The fourth-order valence-electron chi connectivity index (χ4n) is 2.70. The minimum Gasteiger partial charge on any atom is -0.497 e. The third-order valence-corrected chi connectivity index (χ3v) is 3.71. The summed E-state index contributed by atoms with van der Waals surface area (Å²) < 4.78 is 43.2. The third kappa shape index (κ3) is 4.37. The lowest BCUT2D eigenvalue weighted by molar-refractivity contribution is -0.159. The van der Waals surface area contributed by atoms with Gasteiger partial charge in [-0.25, -0.2) is 0 Å². The number of halogens is 3. The van der Waals surface area contributed by atoms with Crippen LogP contribution in [0.1, 0.15) is 12.8 Å². The van der Waals surface area contributed by atoms with E-state index in [1.165, 1.54) is 7.11 Å². The van der Waals surface area contributed by atoms with Crippen molar-refractivity contribution in [1.82, 2.24) is 4.90 Å². The number of carbonyl (C=O) groups excluding carboxylic acids is 1. The predicted octanol–water partition coefficient (Wildman–Crippen LogP) is 2.47. The fraction of sp³-hybridized carbons (Fsp3) is 0.467. The first-order valence-corrected chi connectivity index (χ1v) is 6.94. The molecule has 1 aliphatic carbocycles. The second-order valence-electron chi connectivity index (χ2n) is 5.46. The van der Waals surface area contributed by atoms with Gasteiger partial charge < -0.3 is 14.7 Å². The molecule has 0 aromatic heterocycles. The summed E-state index contributed by atoms with van der Waals surface area (Å²) in [4.78, 5) is 23.8. The topological polar surface area (TPSA) is 66.8 Å². The van der Waals surface area contributed by atoms with Gasteiger partial charge in [-0.05, 0) is 24.1 Å². The van der Waals surface area contributed by atoms with Gasteiger partial charge in [0.1, 0.15) is 12.3 Å². The van der Waals surface area contributed by atoms with Crippen molar-refractivity contribution >= 4 is 11.9 Å². The van der Waals surface area contributed by atoms with Gasteiger partial charge in [0.25, 0.3) is 0 Å². The predicted molar refractivity (Wildman–Crippen MR) is 73.9 cm³/mol. The fourth-order valence-corrected chi connectivity index (χ4v) is 2.70. The highest BCUT2D eigenvalue weighted by atomic mass is 19.4.